The molecule has 5 heteroatoms. The maximum atomic E-state index is 6.31. The van der Waals surface area contributed by atoms with Gasteiger partial charge < -0.3 is 0 Å². The summed E-state index contributed by atoms with van der Waals surface area (Å²) in [4.78, 5) is 0. The number of benzene rings is 4. The minimum atomic E-state index is -2.54. The molecule has 0 heterocycles. The summed E-state index contributed by atoms with van der Waals surface area (Å²) < 4.78 is 3.17. The Morgan fingerprint density at radius 3 is 1.34 bits per heavy atom. The van der Waals surface area contributed by atoms with E-state index >= 15 is 0 Å². The fourth-order valence-corrected chi connectivity index (χ4v) is 10.1. The molecule has 0 amide bonds. The molecule has 0 spiro atoms. The van der Waals surface area contributed by atoms with Gasteiger partial charge in [-0.3, -0.25) is 0 Å². The fourth-order valence-electron chi connectivity index (χ4n) is 4.92. The van der Waals surface area contributed by atoms with E-state index in [1.54, 1.807) is 0 Å². The first-order valence-corrected chi connectivity index (χ1v) is 23.8. The molecule has 6 aromatic carbocycles. The average molecular weight is 829 g/mol. The first-order chi connectivity index (χ1) is 20.7. The zero-order valence-corrected chi connectivity index (χ0v) is 33.2. The van der Waals surface area contributed by atoms with Gasteiger partial charge >= 0.3 is 140 Å². The van der Waals surface area contributed by atoms with Crippen LogP contribution in [0.4, 0.5) is 0 Å². The van der Waals surface area contributed by atoms with Gasteiger partial charge in [0.1, 0.15) is 0 Å². The van der Waals surface area contributed by atoms with Crippen LogP contribution in [0.1, 0.15) is 63.8 Å². The first-order valence-electron chi connectivity index (χ1n) is 14.6. The van der Waals surface area contributed by atoms with Gasteiger partial charge in [0.05, 0.1) is 0 Å². The van der Waals surface area contributed by atoms with E-state index < -0.39 is 18.9 Å². The van der Waals surface area contributed by atoms with Gasteiger partial charge in [-0.15, -0.1) is 39.7 Å². The van der Waals surface area contributed by atoms with Crippen LogP contribution in [0.25, 0.3) is 21.5 Å². The van der Waals surface area contributed by atoms with Crippen LogP contribution in [0.5, 0.6) is 0 Å². The van der Waals surface area contributed by atoms with Crippen LogP contribution in [-0.2, 0) is 29.7 Å². The van der Waals surface area contributed by atoms with Gasteiger partial charge in [-0.2, -0.15) is 18.2 Å². The van der Waals surface area contributed by atoms with Crippen LogP contribution >= 0.6 is 48.9 Å². The van der Waals surface area contributed by atoms with E-state index in [0.29, 0.717) is 0 Å². The number of fused-ring (bicyclic) bond motifs is 3. The molecule has 0 N–H and O–H groups in total. The second kappa shape index (κ2) is 15.3. The van der Waals surface area contributed by atoms with E-state index in [-0.39, 0.29) is 10.8 Å². The molecule has 44 heavy (non-hydrogen) atoms. The van der Waals surface area contributed by atoms with Crippen LogP contribution in [0.3, 0.4) is 0 Å². The van der Waals surface area contributed by atoms with Crippen molar-refractivity contribution in [3.63, 3.8) is 0 Å². The maximum Gasteiger partial charge on any atom is -0.172 e. The molecule has 6 rings (SSSR count). The van der Waals surface area contributed by atoms with E-state index in [0.717, 1.165) is 23.3 Å². The molecular weight excluding hydrogens is 790 g/mol. The van der Waals surface area contributed by atoms with E-state index in [9.17, 15) is 0 Å². The van der Waals surface area contributed by atoms with Gasteiger partial charge in [0.2, 0.25) is 0 Å². The summed E-state index contributed by atoms with van der Waals surface area (Å²) in [6.07, 6.45) is 0. The molecule has 0 bridgehead atoms. The van der Waals surface area contributed by atoms with Crippen molar-refractivity contribution in [2.24, 2.45) is 0 Å². The molecule has 0 aromatic heterocycles. The predicted molar refractivity (Wildman–Crippen MR) is 200 cm³/mol. The zero-order chi connectivity index (χ0) is 32.1. The molecule has 0 aliphatic heterocycles. The zero-order valence-electron chi connectivity index (χ0n) is 26.1. The molecule has 0 aliphatic rings. The summed E-state index contributed by atoms with van der Waals surface area (Å²) >= 11 is 4.42. The van der Waals surface area contributed by atoms with Crippen molar-refractivity contribution < 1.29 is 18.9 Å². The van der Waals surface area contributed by atoms with Crippen LogP contribution < -0.4 is 0 Å². The summed E-state index contributed by atoms with van der Waals surface area (Å²) in [5.41, 5.74) is 5.40. The Bertz CT molecular complexity index is 1730. The third-order valence-corrected chi connectivity index (χ3v) is 13.0. The first kappa shape index (κ1) is 35.3. The summed E-state index contributed by atoms with van der Waals surface area (Å²) in [7, 11) is 12.6. The number of hydrogen-bond acceptors (Lipinski definition) is 0. The molecule has 228 valence electrons. The summed E-state index contributed by atoms with van der Waals surface area (Å²) in [5.74, 6) is 0. The Balaban J connectivity index is 0.000000175. The van der Waals surface area contributed by atoms with Gasteiger partial charge in [-0.1, -0.05) is 76.9 Å². The van der Waals surface area contributed by atoms with Gasteiger partial charge in [0.15, 0.2) is 0 Å². The molecule has 0 saturated heterocycles. The van der Waals surface area contributed by atoms with Crippen molar-refractivity contribution in [1.82, 2.24) is 0 Å². The van der Waals surface area contributed by atoms with Crippen LogP contribution in [0.15, 0.2) is 130 Å². The third-order valence-electron chi connectivity index (χ3n) is 7.41. The SMILES string of the molecule is CC(C)(C)c1ccc2[cH-]c3ccc(C(C)(C)C)cc3c2c1.[Cl][Zr]([Cl])=[C](c1cccc(Br)c1)c1cccc(Br)c1.c1cc[cH-]c1. The van der Waals surface area contributed by atoms with Crippen molar-refractivity contribution in [3.8, 4) is 0 Å². The van der Waals surface area contributed by atoms with Gasteiger partial charge in [-0.05, 0) is 10.8 Å². The van der Waals surface area contributed by atoms with Gasteiger partial charge in [0, 0.05) is 0 Å². The average Bonchev–Trinajstić information content (AvgIpc) is 3.64. The smallest absolute Gasteiger partial charge is 0.172 e. The Labute approximate surface area is 294 Å². The van der Waals surface area contributed by atoms with Crippen molar-refractivity contribution in [2.45, 2.75) is 52.4 Å². The topological polar surface area (TPSA) is 0 Å². The molecule has 0 fully saturated rings. The Morgan fingerprint density at radius 1 is 0.591 bits per heavy atom. The molecule has 0 unspecified atom stereocenters. The van der Waals surface area contributed by atoms with Gasteiger partial charge in [0.25, 0.3) is 0 Å². The fraction of sp³-hybridized carbons (Fsp3) is 0.205. The molecule has 6 aromatic rings. The third kappa shape index (κ3) is 9.46. The molecule has 0 radical (unpaired) electrons. The van der Waals surface area contributed by atoms with Gasteiger partial charge in [-0.25, -0.2) is 12.1 Å². The van der Waals surface area contributed by atoms with E-state index in [1.165, 1.54) is 32.7 Å². The minimum Gasteiger partial charge on any atom is -0.214 e. The van der Waals surface area contributed by atoms with Crippen molar-refractivity contribution in [3.05, 3.63) is 153 Å². The quantitative estimate of drug-likeness (QED) is 0.153. The van der Waals surface area contributed by atoms with Crippen LogP contribution in [0, 0.1) is 0 Å². The monoisotopic (exact) mass is 824 g/mol. The number of hydrogen-bond donors (Lipinski definition) is 0. The van der Waals surface area contributed by atoms with E-state index in [2.05, 4.69) is 128 Å². The largest absolute Gasteiger partial charge is 0.214 e. The molecule has 0 aliphatic carbocycles. The van der Waals surface area contributed by atoms with Crippen molar-refractivity contribution in [1.29, 1.82) is 0 Å². The van der Waals surface area contributed by atoms with Crippen LogP contribution in [0.2, 0.25) is 0 Å². The summed E-state index contributed by atoms with van der Waals surface area (Å²) in [6, 6.07) is 42.3. The molecule has 0 atom stereocenters. The summed E-state index contributed by atoms with van der Waals surface area (Å²) in [6.45, 7) is 13.7. The van der Waals surface area contributed by atoms with Crippen molar-refractivity contribution >= 4 is 73.6 Å². The number of rotatable bonds is 2. The number of halogens is 4. The normalized spacial score (nSPS) is 11.4. The van der Waals surface area contributed by atoms with E-state index in [1.807, 2.05) is 66.7 Å². The molecule has 0 saturated carbocycles. The Morgan fingerprint density at radius 2 is 1.02 bits per heavy atom. The molecular formula is C39H38Br2Cl2Zr-2. The second-order valence-corrected chi connectivity index (χ2v) is 22.8. The second-order valence-electron chi connectivity index (χ2n) is 12.9. The van der Waals surface area contributed by atoms with Crippen LogP contribution in [-0.4, -0.2) is 3.21 Å². The Hall–Kier alpha value is -1.61. The minimum absolute atomic E-state index is 0.194. The molecule has 0 nitrogen and oxygen atoms in total. The van der Waals surface area contributed by atoms with E-state index in [4.69, 9.17) is 17.0 Å². The maximum absolute atomic E-state index is 6.31. The predicted octanol–water partition coefficient (Wildman–Crippen LogP) is 13.4. The standard InChI is InChI=1S/C21H25.C13H8Br2.C5H5.2ClH.Zr/c1-20(2,3)16-9-7-14-11-15-8-10-17(21(4,5)6)13-19(15)18(14)12-16;14-12-5-1-3-10(8-12)7-11-4-2-6-13(15)9-11;1-2-4-5-3-1;;;/h7-13H,1-6H3;1-6,8-9H;1-5H;2*1H;/q-1;;-1;;;+2/p-2. The summed E-state index contributed by atoms with van der Waals surface area (Å²) in [5, 5.41) is 5.49. The van der Waals surface area contributed by atoms with Crippen molar-refractivity contribution in [2.75, 3.05) is 0 Å². The Kier molecular flexibility index (Phi) is 12.3.